The summed E-state index contributed by atoms with van der Waals surface area (Å²) in [6.07, 6.45) is -0.833. The Hall–Kier alpha value is -1.48. The fourth-order valence-corrected chi connectivity index (χ4v) is 0. The Balaban J connectivity index is -0.0000000655. The van der Waals surface area contributed by atoms with Crippen molar-refractivity contribution in [2.24, 2.45) is 0 Å². The van der Waals surface area contributed by atoms with Crippen LogP contribution in [0, 0.1) is 0 Å². The summed E-state index contributed by atoms with van der Waals surface area (Å²) < 4.78 is 0. The van der Waals surface area contributed by atoms with Gasteiger partial charge in [0.2, 0.25) is 0 Å². The van der Waals surface area contributed by atoms with Crippen molar-refractivity contribution in [2.45, 2.75) is 0 Å². The van der Waals surface area contributed by atoms with Crippen LogP contribution in [-0.4, -0.2) is 36.8 Å². The largest absolute Gasteiger partial charge is 3.00 e. The molecule has 0 aliphatic carbocycles. The van der Waals surface area contributed by atoms with Gasteiger partial charge in [0.05, 0.1) is 0 Å². The number of carboxylic acids is 3. The zero-order valence-electron chi connectivity index (χ0n) is 7.48. The van der Waals surface area contributed by atoms with Crippen molar-refractivity contribution < 1.29 is 76.8 Å². The van der Waals surface area contributed by atoms with Crippen LogP contribution in [0.15, 0.2) is 0 Å². The minimum absolute atomic E-state index is 0. The molecule has 0 atom stereocenters. The van der Waals surface area contributed by atoms with Crippen LogP contribution in [-0.2, 0) is 61.5 Å². The second-order valence-electron chi connectivity index (χ2n) is 1.31. The molecule has 0 unspecified atom stereocenters. The van der Waals surface area contributed by atoms with Gasteiger partial charge in [-0.05, 0) is 0 Å². The van der Waals surface area contributed by atoms with E-state index in [1.807, 2.05) is 0 Å². The molecule has 0 spiro atoms. The third-order valence-corrected chi connectivity index (χ3v) is 0.289. The Labute approximate surface area is 113 Å². The van der Waals surface area contributed by atoms with Gasteiger partial charge in [-0.25, -0.2) is 0 Å². The molecule has 84 valence electrons. The van der Waals surface area contributed by atoms with E-state index in [9.17, 15) is 0 Å². The molecule has 0 aliphatic heterocycles. The number of carbonyl (C=O) groups excluding carboxylic acids is 6. The summed E-state index contributed by atoms with van der Waals surface area (Å²) in [5.41, 5.74) is 0. The normalized spacial score (nSPS) is 6.00. The third kappa shape index (κ3) is 81.3. The van der Waals surface area contributed by atoms with Crippen molar-refractivity contribution in [3.63, 3.8) is 0 Å². The van der Waals surface area contributed by atoms with Crippen molar-refractivity contribution in [2.75, 3.05) is 0 Å². The molecule has 0 aromatic rings. The maximum atomic E-state index is 8.89. The molecule has 0 bridgehead atoms. The number of hydrogen-bond donors (Lipinski definition) is 0. The van der Waals surface area contributed by atoms with Crippen LogP contribution < -0.4 is 15.3 Å². The predicted octanol–water partition coefficient (Wildman–Crippen LogP) is -6.20. The summed E-state index contributed by atoms with van der Waals surface area (Å²) in [6, 6.07) is 0. The average Bonchev–Trinajstić information content (AvgIpc) is 2.19. The number of hydrogen-bond acceptors (Lipinski definition) is 9. The van der Waals surface area contributed by atoms with Crippen molar-refractivity contribution in [1.29, 1.82) is 0 Å². The first kappa shape index (κ1) is 24.0. The molecular formula is C6H3O9Y. The molecule has 0 heterocycles. The van der Waals surface area contributed by atoms with E-state index in [1.54, 1.807) is 0 Å². The van der Waals surface area contributed by atoms with Gasteiger partial charge in [-0.1, -0.05) is 0 Å². The van der Waals surface area contributed by atoms with Crippen molar-refractivity contribution in [3.8, 4) is 0 Å². The average molecular weight is 308 g/mol. The maximum Gasteiger partial charge on any atom is 3.00 e. The summed E-state index contributed by atoms with van der Waals surface area (Å²) in [7, 11) is 0. The predicted molar refractivity (Wildman–Crippen MR) is 33.2 cm³/mol. The standard InChI is InChI=1S/3C2H2O3.Y/c3*3-1-2(4)5;/h3*1H,(H,4,5);/q;;;+3/p-3. The van der Waals surface area contributed by atoms with Crippen molar-refractivity contribution >= 4 is 36.8 Å². The van der Waals surface area contributed by atoms with Crippen LogP contribution in [0.5, 0.6) is 0 Å². The monoisotopic (exact) mass is 308 g/mol. The molecule has 16 heavy (non-hydrogen) atoms. The van der Waals surface area contributed by atoms with E-state index in [1.165, 1.54) is 0 Å². The number of carboxylic acid groups (broad SMARTS) is 3. The third-order valence-electron chi connectivity index (χ3n) is 0.289. The molecule has 0 aromatic heterocycles. The van der Waals surface area contributed by atoms with E-state index in [2.05, 4.69) is 0 Å². The van der Waals surface area contributed by atoms with Gasteiger partial charge in [-0.2, -0.15) is 0 Å². The van der Waals surface area contributed by atoms with Gasteiger partial charge in [0.1, 0.15) is 17.9 Å². The van der Waals surface area contributed by atoms with Crippen LogP contribution >= 0.6 is 0 Å². The Kier molecular flexibility index (Phi) is 28.7. The topological polar surface area (TPSA) is 172 Å². The van der Waals surface area contributed by atoms with Gasteiger partial charge in [0, 0.05) is 0 Å². The zero-order valence-corrected chi connectivity index (χ0v) is 10.3. The second kappa shape index (κ2) is 19.2. The van der Waals surface area contributed by atoms with Gasteiger partial charge in [0.25, 0.3) is 0 Å². The van der Waals surface area contributed by atoms with Gasteiger partial charge < -0.3 is 29.7 Å². The smallest absolute Gasteiger partial charge is 0.542 e. The van der Waals surface area contributed by atoms with E-state index in [0.717, 1.165) is 0 Å². The molecule has 0 saturated heterocycles. The van der Waals surface area contributed by atoms with Crippen LogP contribution in [0.3, 0.4) is 0 Å². The molecule has 0 saturated carbocycles. The Morgan fingerprint density at radius 1 is 0.625 bits per heavy atom. The number of aldehydes is 3. The summed E-state index contributed by atoms with van der Waals surface area (Å²) >= 11 is 0. The molecule has 0 N–H and O–H groups in total. The Bertz CT molecular complexity index is 216. The van der Waals surface area contributed by atoms with Crippen LogP contribution in [0.2, 0.25) is 0 Å². The first-order valence-electron chi connectivity index (χ1n) is 2.80. The van der Waals surface area contributed by atoms with Crippen LogP contribution in [0.4, 0.5) is 0 Å². The SMILES string of the molecule is O=CC(=O)[O-].O=CC(=O)[O-].O=CC(=O)[O-].[Y+3]. The molecule has 0 aromatic carbocycles. The molecule has 9 nitrogen and oxygen atoms in total. The van der Waals surface area contributed by atoms with Crippen molar-refractivity contribution in [1.82, 2.24) is 0 Å². The zero-order chi connectivity index (χ0) is 12.9. The molecule has 10 heteroatoms. The minimum Gasteiger partial charge on any atom is -0.542 e. The Morgan fingerprint density at radius 2 is 0.688 bits per heavy atom. The van der Waals surface area contributed by atoms with E-state index in [4.69, 9.17) is 44.1 Å². The van der Waals surface area contributed by atoms with E-state index < -0.39 is 17.9 Å². The molecule has 0 fully saturated rings. The van der Waals surface area contributed by atoms with Gasteiger partial charge >= 0.3 is 32.7 Å². The van der Waals surface area contributed by atoms with Gasteiger partial charge in [-0.15, -0.1) is 0 Å². The summed E-state index contributed by atoms with van der Waals surface area (Å²) in [6.45, 7) is 0. The number of rotatable bonds is 3. The van der Waals surface area contributed by atoms with E-state index >= 15 is 0 Å². The first-order valence-corrected chi connectivity index (χ1v) is 2.80. The minimum atomic E-state index is -1.68. The fraction of sp³-hybridized carbons (Fsp3) is 0. The van der Waals surface area contributed by atoms with Gasteiger partial charge in [-0.3, -0.25) is 14.4 Å². The molecule has 0 radical (unpaired) electrons. The van der Waals surface area contributed by atoms with Crippen LogP contribution in [0.1, 0.15) is 0 Å². The van der Waals surface area contributed by atoms with Gasteiger partial charge in [0.15, 0.2) is 18.9 Å². The van der Waals surface area contributed by atoms with Crippen LogP contribution in [0.25, 0.3) is 0 Å². The second-order valence-corrected chi connectivity index (χ2v) is 1.31. The summed E-state index contributed by atoms with van der Waals surface area (Å²) in [5.74, 6) is -5.03. The molecule has 0 amide bonds. The number of carbonyl (C=O) groups is 6. The Morgan fingerprint density at radius 3 is 0.688 bits per heavy atom. The van der Waals surface area contributed by atoms with Crippen molar-refractivity contribution in [3.05, 3.63) is 0 Å². The molecular weight excluding hydrogens is 305 g/mol. The molecule has 0 rings (SSSR count). The molecule has 0 aliphatic rings. The fourth-order valence-electron chi connectivity index (χ4n) is 0. The van der Waals surface area contributed by atoms with E-state index in [-0.39, 0.29) is 51.6 Å². The van der Waals surface area contributed by atoms with E-state index in [0.29, 0.717) is 0 Å². The quantitative estimate of drug-likeness (QED) is 0.363. The summed E-state index contributed by atoms with van der Waals surface area (Å²) in [5, 5.41) is 26.7. The summed E-state index contributed by atoms with van der Waals surface area (Å²) in [4.78, 5) is 53.2. The number of aliphatic carboxylic acids is 3. The first-order chi connectivity index (χ1) is 6.81. The maximum absolute atomic E-state index is 8.89.